The van der Waals surface area contributed by atoms with Gasteiger partial charge in [0.25, 0.3) is 0 Å². The van der Waals surface area contributed by atoms with Gasteiger partial charge in [0.1, 0.15) is 33.5 Å². The Labute approximate surface area is 378 Å². The molecule has 13 aromatic rings. The lowest BCUT2D eigenvalue weighted by molar-refractivity contribution is 0.600. The Morgan fingerprint density at radius 3 is 1.12 bits per heavy atom. The monoisotopic (exact) mass is 852 g/mol. The highest BCUT2D eigenvalue weighted by molar-refractivity contribution is 6.19. The molecule has 0 atom stereocenters. The summed E-state index contributed by atoms with van der Waals surface area (Å²) in [4.78, 5) is 4.74. The molecule has 66 heavy (non-hydrogen) atoms. The van der Waals surface area contributed by atoms with Crippen molar-refractivity contribution >= 4 is 122 Å². The van der Waals surface area contributed by atoms with E-state index in [0.29, 0.717) is 0 Å². The van der Waals surface area contributed by atoms with Gasteiger partial charge in [0, 0.05) is 65.0 Å². The van der Waals surface area contributed by atoms with Crippen LogP contribution in [0.4, 0.5) is 34.1 Å². The first-order valence-corrected chi connectivity index (χ1v) is 22.7. The van der Waals surface area contributed by atoms with Crippen molar-refractivity contribution in [3.8, 4) is 0 Å². The van der Waals surface area contributed by atoms with Gasteiger partial charge in [-0.25, -0.2) is 0 Å². The van der Waals surface area contributed by atoms with Crippen LogP contribution in [0.1, 0.15) is 49.9 Å². The van der Waals surface area contributed by atoms with E-state index in [1.807, 2.05) is 24.3 Å². The molecule has 0 unspecified atom stereocenters. The van der Waals surface area contributed by atoms with Crippen LogP contribution in [0.5, 0.6) is 0 Å². The van der Waals surface area contributed by atoms with Gasteiger partial charge < -0.3 is 27.5 Å². The van der Waals surface area contributed by atoms with E-state index in [1.165, 1.54) is 11.1 Å². The highest BCUT2D eigenvalue weighted by Gasteiger charge is 2.42. The van der Waals surface area contributed by atoms with Crippen molar-refractivity contribution in [3.63, 3.8) is 0 Å². The fraction of sp³-hybridized carbons (Fsp3) is 0.100. The molecule has 6 heterocycles. The van der Waals surface area contributed by atoms with Crippen LogP contribution in [0.2, 0.25) is 0 Å². The fourth-order valence-corrected chi connectivity index (χ4v) is 12.0. The maximum Gasteiger partial charge on any atom is 0.159 e. The molecule has 6 nitrogen and oxygen atoms in total. The zero-order valence-corrected chi connectivity index (χ0v) is 36.7. The third-order valence-corrected chi connectivity index (χ3v) is 15.0. The van der Waals surface area contributed by atoms with Crippen molar-refractivity contribution < 1.29 is 17.7 Å². The molecule has 0 aliphatic carbocycles. The molecule has 4 aromatic heterocycles. The third-order valence-electron chi connectivity index (χ3n) is 15.0. The summed E-state index contributed by atoms with van der Waals surface area (Å²) in [6.07, 6.45) is 0. The Bertz CT molecular complexity index is 3990. The number of para-hydroxylation sites is 6. The number of benzene rings is 9. The standard InChI is InChI=1S/C60H40N2O4/c1-59(2)41-19-7-9-21-43(41)61(47-23-13-17-35-33-15-5-11-25-49(33)63-55(35)47)45-29-27-37-39-31-52-40(32-51(39)65-57(37)53(45)59)38-28-30-46-54(58(38)66-52)60(3,4)42-20-8-10-22-44(42)62(46)48-24-14-18-36-34-16-6-12-26-50(34)64-56(36)48/h5-32H,1-4H3. The van der Waals surface area contributed by atoms with Crippen molar-refractivity contribution in [2.24, 2.45) is 0 Å². The molecule has 2 aliphatic heterocycles. The summed E-state index contributed by atoms with van der Waals surface area (Å²) in [7, 11) is 0. The van der Waals surface area contributed by atoms with Gasteiger partial charge in [0.2, 0.25) is 0 Å². The van der Waals surface area contributed by atoms with Crippen molar-refractivity contribution in [2.75, 3.05) is 9.80 Å². The molecule has 15 rings (SSSR count). The quantitative estimate of drug-likeness (QED) is 0.173. The van der Waals surface area contributed by atoms with Crippen LogP contribution in [-0.4, -0.2) is 0 Å². The summed E-state index contributed by atoms with van der Waals surface area (Å²) >= 11 is 0. The summed E-state index contributed by atoms with van der Waals surface area (Å²) in [5.74, 6) is 0. The molecule has 6 heteroatoms. The van der Waals surface area contributed by atoms with E-state index in [1.54, 1.807) is 0 Å². The van der Waals surface area contributed by atoms with Gasteiger partial charge in [-0.15, -0.1) is 0 Å². The average Bonchev–Trinajstić information content (AvgIpc) is 4.11. The minimum absolute atomic E-state index is 0.386. The van der Waals surface area contributed by atoms with Gasteiger partial charge >= 0.3 is 0 Å². The van der Waals surface area contributed by atoms with Gasteiger partial charge in [0.15, 0.2) is 11.2 Å². The van der Waals surface area contributed by atoms with Crippen LogP contribution in [0.15, 0.2) is 188 Å². The molecule has 0 saturated heterocycles. The second kappa shape index (κ2) is 12.3. The topological polar surface area (TPSA) is 59.0 Å². The molecule has 2 aliphatic rings. The van der Waals surface area contributed by atoms with Crippen molar-refractivity contribution in [3.05, 3.63) is 192 Å². The molecule has 0 radical (unpaired) electrons. The normalized spacial score (nSPS) is 15.2. The van der Waals surface area contributed by atoms with Crippen molar-refractivity contribution in [2.45, 2.75) is 38.5 Å². The number of nitrogens with zero attached hydrogens (tertiary/aromatic N) is 2. The van der Waals surface area contributed by atoms with Gasteiger partial charge in [-0.3, -0.25) is 0 Å². The van der Waals surface area contributed by atoms with Crippen LogP contribution in [-0.2, 0) is 10.8 Å². The minimum atomic E-state index is -0.386. The summed E-state index contributed by atoms with van der Waals surface area (Å²) in [6, 6.07) is 60.3. The first-order chi connectivity index (χ1) is 32.3. The first kappa shape index (κ1) is 36.2. The second-order valence-electron chi connectivity index (χ2n) is 19.2. The predicted octanol–water partition coefficient (Wildman–Crippen LogP) is 17.5. The van der Waals surface area contributed by atoms with E-state index in [2.05, 4.69) is 183 Å². The van der Waals surface area contributed by atoms with Crippen LogP contribution in [0.3, 0.4) is 0 Å². The molecular formula is C60H40N2O4. The smallest absolute Gasteiger partial charge is 0.159 e. The second-order valence-corrected chi connectivity index (χ2v) is 19.2. The average molecular weight is 853 g/mol. The van der Waals surface area contributed by atoms with E-state index >= 15 is 0 Å². The van der Waals surface area contributed by atoms with Crippen LogP contribution < -0.4 is 9.80 Å². The third kappa shape index (κ3) is 4.46. The molecule has 9 aromatic carbocycles. The highest BCUT2D eigenvalue weighted by Crippen LogP contribution is 2.58. The molecule has 0 spiro atoms. The molecular weight excluding hydrogens is 813 g/mol. The summed E-state index contributed by atoms with van der Waals surface area (Å²) in [5, 5.41) is 8.57. The maximum atomic E-state index is 7.18. The first-order valence-electron chi connectivity index (χ1n) is 22.7. The molecule has 0 bridgehead atoms. The van der Waals surface area contributed by atoms with Crippen molar-refractivity contribution in [1.82, 2.24) is 0 Å². The van der Waals surface area contributed by atoms with Crippen LogP contribution in [0.25, 0.3) is 87.8 Å². The molecule has 0 amide bonds. The molecule has 0 fully saturated rings. The Morgan fingerprint density at radius 2 is 0.652 bits per heavy atom. The van der Waals surface area contributed by atoms with Crippen molar-refractivity contribution in [1.29, 1.82) is 0 Å². The highest BCUT2D eigenvalue weighted by atomic mass is 16.3. The SMILES string of the molecule is CC1(C)c2ccccc2N(c2cccc3c2oc2ccccc23)c2ccc3c(oc4cc5c(cc43)oc3c4c(ccc35)N(c3cccc5c3oc3ccccc35)c3ccccc3C4(C)C)c21. The Kier molecular flexibility index (Phi) is 6.75. The zero-order valence-electron chi connectivity index (χ0n) is 36.7. The Hall–Kier alpha value is -8.22. The van der Waals surface area contributed by atoms with E-state index in [-0.39, 0.29) is 10.8 Å². The zero-order chi connectivity index (χ0) is 43.8. The van der Waals surface area contributed by atoms with Gasteiger partial charge in [0.05, 0.1) is 34.1 Å². The number of furan rings is 4. The lowest BCUT2D eigenvalue weighted by atomic mass is 9.73. The minimum Gasteiger partial charge on any atom is -0.456 e. The predicted molar refractivity (Wildman–Crippen MR) is 269 cm³/mol. The summed E-state index contributed by atoms with van der Waals surface area (Å²) in [5.41, 5.74) is 17.2. The molecule has 314 valence electrons. The Morgan fingerprint density at radius 1 is 0.288 bits per heavy atom. The number of anilines is 6. The molecule has 0 saturated carbocycles. The largest absolute Gasteiger partial charge is 0.456 e. The maximum absolute atomic E-state index is 7.18. The van der Waals surface area contributed by atoms with E-state index < -0.39 is 0 Å². The van der Waals surface area contributed by atoms with Gasteiger partial charge in [-0.05, 0) is 83.9 Å². The molecule has 0 N–H and O–H groups in total. The van der Waals surface area contributed by atoms with Gasteiger partial charge in [-0.2, -0.15) is 0 Å². The van der Waals surface area contributed by atoms with E-state index in [0.717, 1.165) is 133 Å². The van der Waals surface area contributed by atoms with E-state index in [4.69, 9.17) is 17.7 Å². The van der Waals surface area contributed by atoms with Gasteiger partial charge in [-0.1, -0.05) is 125 Å². The Balaban J connectivity index is 0.949. The van der Waals surface area contributed by atoms with Crippen LogP contribution >= 0.6 is 0 Å². The van der Waals surface area contributed by atoms with Crippen LogP contribution in [0, 0.1) is 0 Å². The summed E-state index contributed by atoms with van der Waals surface area (Å²) in [6.45, 7) is 9.26. The lowest BCUT2D eigenvalue weighted by Crippen LogP contribution is -2.30. The fourth-order valence-electron chi connectivity index (χ4n) is 12.0. The number of rotatable bonds is 2. The lowest BCUT2D eigenvalue weighted by Gasteiger charge is -2.41. The summed E-state index contributed by atoms with van der Waals surface area (Å²) < 4.78 is 27.7. The number of hydrogen-bond acceptors (Lipinski definition) is 6. The van der Waals surface area contributed by atoms with E-state index in [9.17, 15) is 0 Å². The number of fused-ring (bicyclic) bond motifs is 18. The number of hydrogen-bond donors (Lipinski definition) is 0.